The number of thioether (sulfide) groups is 1. The quantitative estimate of drug-likeness (QED) is 0.870. The van der Waals surface area contributed by atoms with Gasteiger partial charge in [-0.1, -0.05) is 12.1 Å². The van der Waals surface area contributed by atoms with Crippen molar-refractivity contribution in [2.45, 2.75) is 38.0 Å². The summed E-state index contributed by atoms with van der Waals surface area (Å²) in [6, 6.07) is 8.23. The summed E-state index contributed by atoms with van der Waals surface area (Å²) >= 11 is 2.00. The number of nitrogens with one attached hydrogen (secondary N) is 1. The van der Waals surface area contributed by atoms with Crippen LogP contribution in [-0.2, 0) is 0 Å². The summed E-state index contributed by atoms with van der Waals surface area (Å²) in [7, 11) is 1.65. The van der Waals surface area contributed by atoms with Crippen LogP contribution in [0.5, 0.6) is 5.75 Å². The molecule has 2 N–H and O–H groups in total. The van der Waals surface area contributed by atoms with Gasteiger partial charge in [0.15, 0.2) is 0 Å². The summed E-state index contributed by atoms with van der Waals surface area (Å²) in [5.74, 6) is 3.24. The third-order valence-corrected chi connectivity index (χ3v) is 4.81. The molecule has 2 rings (SSSR count). The fourth-order valence-corrected chi connectivity index (χ4v) is 3.51. The third kappa shape index (κ3) is 4.13. The Labute approximate surface area is 119 Å². The van der Waals surface area contributed by atoms with Gasteiger partial charge in [0.25, 0.3) is 0 Å². The van der Waals surface area contributed by atoms with Gasteiger partial charge >= 0.3 is 0 Å². The Kier molecular flexibility index (Phi) is 5.55. The zero-order valence-electron chi connectivity index (χ0n) is 11.6. The van der Waals surface area contributed by atoms with Gasteiger partial charge in [-0.05, 0) is 43.2 Å². The van der Waals surface area contributed by atoms with Crippen LogP contribution < -0.4 is 10.1 Å². The lowest BCUT2D eigenvalue weighted by Gasteiger charge is -2.29. The molecule has 1 saturated heterocycles. The van der Waals surface area contributed by atoms with E-state index >= 15 is 0 Å². The van der Waals surface area contributed by atoms with E-state index in [1.165, 1.54) is 18.6 Å². The van der Waals surface area contributed by atoms with Crippen LogP contribution in [0.4, 0.5) is 0 Å². The van der Waals surface area contributed by atoms with Gasteiger partial charge in [0.2, 0.25) is 0 Å². The first-order valence-corrected chi connectivity index (χ1v) is 8.02. The molecule has 1 fully saturated rings. The zero-order valence-corrected chi connectivity index (χ0v) is 12.5. The third-order valence-electron chi connectivity index (χ3n) is 3.59. The van der Waals surface area contributed by atoms with Crippen LogP contribution in [0.15, 0.2) is 24.3 Å². The van der Waals surface area contributed by atoms with Crippen LogP contribution in [0, 0.1) is 0 Å². The lowest BCUT2D eigenvalue weighted by Crippen LogP contribution is -2.42. The van der Waals surface area contributed by atoms with Crippen molar-refractivity contribution in [3.8, 4) is 5.75 Å². The molecule has 0 amide bonds. The highest BCUT2D eigenvalue weighted by atomic mass is 32.2. The van der Waals surface area contributed by atoms with E-state index in [9.17, 15) is 5.11 Å². The van der Waals surface area contributed by atoms with Crippen LogP contribution in [-0.4, -0.2) is 35.8 Å². The number of methoxy groups -OCH3 is 1. The minimum Gasteiger partial charge on any atom is -0.497 e. The maximum absolute atomic E-state index is 10.4. The van der Waals surface area contributed by atoms with Gasteiger partial charge in [0, 0.05) is 17.8 Å². The van der Waals surface area contributed by atoms with Crippen molar-refractivity contribution in [2.24, 2.45) is 0 Å². The number of aliphatic hydroxyl groups excluding tert-OH is 1. The Balaban J connectivity index is 1.91. The monoisotopic (exact) mass is 281 g/mol. The SMILES string of the molecule is COc1ccc([C@H](O)[C@@H](C)N[C@@H]2CCCSC2)cc1. The molecule has 19 heavy (non-hydrogen) atoms. The largest absolute Gasteiger partial charge is 0.497 e. The van der Waals surface area contributed by atoms with Crippen LogP contribution >= 0.6 is 11.8 Å². The minimum atomic E-state index is -0.474. The standard InChI is InChI=1S/C15H23NO2S/c1-11(16-13-4-3-9-19-10-13)15(17)12-5-7-14(18-2)8-6-12/h5-8,11,13,15-17H,3-4,9-10H2,1-2H3/t11-,13-,15-/m1/s1. The fourth-order valence-electron chi connectivity index (χ4n) is 2.42. The van der Waals surface area contributed by atoms with Crippen molar-refractivity contribution in [1.29, 1.82) is 0 Å². The van der Waals surface area contributed by atoms with Gasteiger partial charge in [0.1, 0.15) is 5.75 Å². The van der Waals surface area contributed by atoms with Gasteiger partial charge in [0.05, 0.1) is 13.2 Å². The number of rotatable bonds is 5. The Morgan fingerprint density at radius 3 is 2.68 bits per heavy atom. The fraction of sp³-hybridized carbons (Fsp3) is 0.600. The molecule has 1 aliphatic rings. The zero-order chi connectivity index (χ0) is 13.7. The van der Waals surface area contributed by atoms with Crippen molar-refractivity contribution in [1.82, 2.24) is 5.32 Å². The maximum Gasteiger partial charge on any atom is 0.118 e. The molecule has 1 heterocycles. The van der Waals surface area contributed by atoms with Crippen molar-refractivity contribution >= 4 is 11.8 Å². The maximum atomic E-state index is 10.4. The molecule has 3 nitrogen and oxygen atoms in total. The van der Waals surface area contributed by atoms with Gasteiger partial charge < -0.3 is 15.2 Å². The predicted octanol–water partition coefficient (Wildman–Crippen LogP) is 2.60. The first-order valence-electron chi connectivity index (χ1n) is 6.86. The van der Waals surface area contributed by atoms with Gasteiger partial charge in [-0.15, -0.1) is 0 Å². The molecule has 1 aliphatic heterocycles. The average Bonchev–Trinajstić information content (AvgIpc) is 2.47. The Morgan fingerprint density at radius 2 is 2.11 bits per heavy atom. The molecule has 0 unspecified atom stereocenters. The highest BCUT2D eigenvalue weighted by Gasteiger charge is 2.21. The van der Waals surface area contributed by atoms with Crippen molar-refractivity contribution in [3.05, 3.63) is 29.8 Å². The van der Waals surface area contributed by atoms with E-state index in [2.05, 4.69) is 5.32 Å². The molecular formula is C15H23NO2S. The molecule has 0 spiro atoms. The summed E-state index contributed by atoms with van der Waals surface area (Å²) in [5.41, 5.74) is 0.935. The second-order valence-corrected chi connectivity index (χ2v) is 6.24. The van der Waals surface area contributed by atoms with E-state index in [1.54, 1.807) is 7.11 Å². The molecule has 1 aromatic carbocycles. The van der Waals surface area contributed by atoms with Crippen LogP contribution in [0.3, 0.4) is 0 Å². The second-order valence-electron chi connectivity index (χ2n) is 5.09. The number of hydrogen-bond donors (Lipinski definition) is 2. The van der Waals surface area contributed by atoms with E-state index < -0.39 is 6.10 Å². The predicted molar refractivity (Wildman–Crippen MR) is 80.9 cm³/mol. The number of benzene rings is 1. The van der Waals surface area contributed by atoms with Gasteiger partial charge in [-0.2, -0.15) is 11.8 Å². The highest BCUT2D eigenvalue weighted by molar-refractivity contribution is 7.99. The molecule has 1 aromatic rings. The van der Waals surface area contributed by atoms with Crippen molar-refractivity contribution in [2.75, 3.05) is 18.6 Å². The molecule has 3 atom stereocenters. The first-order chi connectivity index (χ1) is 9.20. The van der Waals surface area contributed by atoms with E-state index in [0.29, 0.717) is 6.04 Å². The number of ether oxygens (including phenoxy) is 1. The van der Waals surface area contributed by atoms with E-state index in [0.717, 1.165) is 17.1 Å². The number of aliphatic hydroxyl groups is 1. The molecule has 0 aromatic heterocycles. The Hall–Kier alpha value is -0.710. The summed E-state index contributed by atoms with van der Waals surface area (Å²) in [4.78, 5) is 0. The minimum absolute atomic E-state index is 0.0668. The van der Waals surface area contributed by atoms with Crippen LogP contribution in [0.1, 0.15) is 31.4 Å². The Bertz CT molecular complexity index is 376. The van der Waals surface area contributed by atoms with E-state index in [-0.39, 0.29) is 6.04 Å². The van der Waals surface area contributed by atoms with Crippen LogP contribution in [0.25, 0.3) is 0 Å². The van der Waals surface area contributed by atoms with E-state index in [1.807, 2.05) is 43.0 Å². The molecule has 0 saturated carbocycles. The number of hydrogen-bond acceptors (Lipinski definition) is 4. The molecular weight excluding hydrogens is 258 g/mol. The second kappa shape index (κ2) is 7.17. The van der Waals surface area contributed by atoms with Crippen molar-refractivity contribution < 1.29 is 9.84 Å². The summed E-state index contributed by atoms with van der Waals surface area (Å²) in [6.45, 7) is 2.05. The topological polar surface area (TPSA) is 41.5 Å². The van der Waals surface area contributed by atoms with E-state index in [4.69, 9.17) is 4.74 Å². The normalized spacial score (nSPS) is 22.8. The lowest BCUT2D eigenvalue weighted by atomic mass is 10.0. The summed E-state index contributed by atoms with van der Waals surface area (Å²) in [5, 5.41) is 13.9. The van der Waals surface area contributed by atoms with Gasteiger partial charge in [-0.25, -0.2) is 0 Å². The molecule has 0 radical (unpaired) electrons. The average molecular weight is 281 g/mol. The molecule has 106 valence electrons. The smallest absolute Gasteiger partial charge is 0.118 e. The lowest BCUT2D eigenvalue weighted by molar-refractivity contribution is 0.130. The highest BCUT2D eigenvalue weighted by Crippen LogP contribution is 2.22. The summed E-state index contributed by atoms with van der Waals surface area (Å²) in [6.07, 6.45) is 2.01. The van der Waals surface area contributed by atoms with Gasteiger partial charge in [-0.3, -0.25) is 0 Å². The first kappa shape index (κ1) is 14.7. The molecule has 0 aliphatic carbocycles. The van der Waals surface area contributed by atoms with Crippen molar-refractivity contribution in [3.63, 3.8) is 0 Å². The summed E-state index contributed by atoms with van der Waals surface area (Å²) < 4.78 is 5.13. The Morgan fingerprint density at radius 1 is 1.37 bits per heavy atom. The van der Waals surface area contributed by atoms with Crippen LogP contribution in [0.2, 0.25) is 0 Å². The molecule has 4 heteroatoms. The molecule has 0 bridgehead atoms.